The molecule has 1 aromatic carbocycles. The second-order valence-corrected chi connectivity index (χ2v) is 4.20. The number of hydrogen-bond donors (Lipinski definition) is 3. The van der Waals surface area contributed by atoms with Gasteiger partial charge in [0.05, 0.1) is 12.2 Å². The molecule has 2 aromatic rings. The zero-order valence-electron chi connectivity index (χ0n) is 10.9. The third-order valence-electron chi connectivity index (χ3n) is 2.64. The van der Waals surface area contributed by atoms with Crippen molar-refractivity contribution in [1.29, 1.82) is 0 Å². The van der Waals surface area contributed by atoms with Crippen LogP contribution in [0.4, 0.5) is 15.9 Å². The molecular weight excluding hydrogens is 263 g/mol. The molecule has 5 N–H and O–H groups in total. The van der Waals surface area contributed by atoms with Gasteiger partial charge in [0.15, 0.2) is 5.82 Å². The fourth-order valence-electron chi connectivity index (χ4n) is 1.65. The molecule has 0 amide bonds. The van der Waals surface area contributed by atoms with Crippen LogP contribution in [0, 0.1) is 5.82 Å². The smallest absolute Gasteiger partial charge is 0.276 e. The van der Waals surface area contributed by atoms with Crippen molar-refractivity contribution in [2.24, 2.45) is 0 Å². The average molecular weight is 278 g/mol. The third-order valence-corrected chi connectivity index (χ3v) is 2.64. The van der Waals surface area contributed by atoms with E-state index in [1.807, 2.05) is 6.92 Å². The highest BCUT2D eigenvalue weighted by atomic mass is 19.1. The van der Waals surface area contributed by atoms with Crippen LogP contribution in [0.15, 0.2) is 23.0 Å². The highest BCUT2D eigenvalue weighted by Crippen LogP contribution is 2.28. The van der Waals surface area contributed by atoms with Gasteiger partial charge in [0.1, 0.15) is 23.1 Å². The maximum atomic E-state index is 13.4. The Kier molecular flexibility index (Phi) is 3.88. The SMILES string of the molecule is CCCOc1ccc(F)cc1-c1nc(N)c(N)c(=O)[nH]1. The number of nitrogens with zero attached hydrogens (tertiary/aromatic N) is 1. The highest BCUT2D eigenvalue weighted by Gasteiger charge is 2.13. The summed E-state index contributed by atoms with van der Waals surface area (Å²) in [6.45, 7) is 2.41. The Balaban J connectivity index is 2.56. The van der Waals surface area contributed by atoms with E-state index in [9.17, 15) is 9.18 Å². The lowest BCUT2D eigenvalue weighted by Gasteiger charge is -2.11. The zero-order chi connectivity index (χ0) is 14.7. The first-order chi connectivity index (χ1) is 9.52. The normalized spacial score (nSPS) is 10.5. The summed E-state index contributed by atoms with van der Waals surface area (Å²) in [6.07, 6.45) is 0.796. The number of rotatable bonds is 4. The summed E-state index contributed by atoms with van der Waals surface area (Å²) in [5.41, 5.74) is 10.6. The van der Waals surface area contributed by atoms with Crippen LogP contribution in [0.2, 0.25) is 0 Å². The van der Waals surface area contributed by atoms with Crippen molar-refractivity contribution >= 4 is 11.5 Å². The zero-order valence-corrected chi connectivity index (χ0v) is 10.9. The molecule has 0 spiro atoms. The standard InChI is InChI=1S/C13H15FN4O2/c1-2-5-20-9-4-3-7(14)6-8(9)12-17-11(16)10(15)13(19)18-12/h3-4,6H,2,5,15H2,1H3,(H3,16,17,18,19). The van der Waals surface area contributed by atoms with Crippen LogP contribution >= 0.6 is 0 Å². The van der Waals surface area contributed by atoms with Gasteiger partial charge >= 0.3 is 0 Å². The molecule has 1 aromatic heterocycles. The van der Waals surface area contributed by atoms with Gasteiger partial charge in [0, 0.05) is 0 Å². The number of ether oxygens (including phenoxy) is 1. The van der Waals surface area contributed by atoms with Crippen LogP contribution in [0.25, 0.3) is 11.4 Å². The van der Waals surface area contributed by atoms with Crippen LogP contribution < -0.4 is 21.8 Å². The number of halogens is 1. The molecule has 0 aliphatic rings. The number of nitrogen functional groups attached to an aromatic ring is 2. The Morgan fingerprint density at radius 3 is 2.80 bits per heavy atom. The lowest BCUT2D eigenvalue weighted by atomic mass is 10.1. The van der Waals surface area contributed by atoms with Gasteiger partial charge < -0.3 is 21.2 Å². The number of anilines is 2. The largest absolute Gasteiger partial charge is 0.493 e. The summed E-state index contributed by atoms with van der Waals surface area (Å²) in [5, 5.41) is 0. The van der Waals surface area contributed by atoms with Gasteiger partial charge in [-0.05, 0) is 24.6 Å². The molecule has 0 aliphatic carbocycles. The Bertz CT molecular complexity index is 685. The molecule has 7 heteroatoms. The monoisotopic (exact) mass is 278 g/mol. The van der Waals surface area contributed by atoms with Crippen molar-refractivity contribution in [3.63, 3.8) is 0 Å². The summed E-state index contributed by atoms with van der Waals surface area (Å²) < 4.78 is 18.9. The van der Waals surface area contributed by atoms with Gasteiger partial charge in [0.2, 0.25) is 0 Å². The van der Waals surface area contributed by atoms with Crippen LogP contribution in [-0.4, -0.2) is 16.6 Å². The topological polar surface area (TPSA) is 107 Å². The van der Waals surface area contributed by atoms with Crippen molar-refractivity contribution in [1.82, 2.24) is 9.97 Å². The van der Waals surface area contributed by atoms with Gasteiger partial charge in [0.25, 0.3) is 5.56 Å². The maximum absolute atomic E-state index is 13.4. The maximum Gasteiger partial charge on any atom is 0.276 e. The number of benzene rings is 1. The van der Waals surface area contributed by atoms with E-state index >= 15 is 0 Å². The number of nitrogens with two attached hydrogens (primary N) is 2. The van der Waals surface area contributed by atoms with E-state index in [0.717, 1.165) is 6.42 Å². The van der Waals surface area contributed by atoms with Gasteiger partial charge in [-0.3, -0.25) is 4.79 Å². The van der Waals surface area contributed by atoms with E-state index in [1.54, 1.807) is 0 Å². The molecule has 20 heavy (non-hydrogen) atoms. The van der Waals surface area contributed by atoms with Crippen molar-refractivity contribution in [2.75, 3.05) is 18.1 Å². The molecule has 0 atom stereocenters. The van der Waals surface area contributed by atoms with Crippen LogP contribution in [0.3, 0.4) is 0 Å². The van der Waals surface area contributed by atoms with Gasteiger partial charge in [-0.25, -0.2) is 9.37 Å². The minimum atomic E-state index is -0.571. The second-order valence-electron chi connectivity index (χ2n) is 4.20. The summed E-state index contributed by atoms with van der Waals surface area (Å²) in [5.74, 6) is -0.0378. The molecule has 0 unspecified atom stereocenters. The molecular formula is C13H15FN4O2. The van der Waals surface area contributed by atoms with Crippen molar-refractivity contribution in [2.45, 2.75) is 13.3 Å². The van der Waals surface area contributed by atoms with Crippen molar-refractivity contribution in [3.05, 3.63) is 34.4 Å². The molecule has 0 saturated carbocycles. The van der Waals surface area contributed by atoms with E-state index in [0.29, 0.717) is 17.9 Å². The molecule has 6 nitrogen and oxygen atoms in total. The second kappa shape index (κ2) is 5.60. The van der Waals surface area contributed by atoms with E-state index in [4.69, 9.17) is 16.2 Å². The number of nitrogens with one attached hydrogen (secondary N) is 1. The first kappa shape index (κ1) is 13.9. The van der Waals surface area contributed by atoms with Crippen LogP contribution in [0.1, 0.15) is 13.3 Å². The van der Waals surface area contributed by atoms with Crippen molar-refractivity contribution in [3.8, 4) is 17.1 Å². The number of H-pyrrole nitrogens is 1. The van der Waals surface area contributed by atoms with Gasteiger partial charge in [-0.1, -0.05) is 6.92 Å². The third kappa shape index (κ3) is 2.71. The summed E-state index contributed by atoms with van der Waals surface area (Å²) >= 11 is 0. The fraction of sp³-hybridized carbons (Fsp3) is 0.231. The predicted molar refractivity (Wildman–Crippen MR) is 74.9 cm³/mol. The Labute approximate surface area is 114 Å². The molecule has 0 bridgehead atoms. The Morgan fingerprint density at radius 1 is 1.40 bits per heavy atom. The average Bonchev–Trinajstić information content (AvgIpc) is 2.43. The Hall–Kier alpha value is -2.57. The van der Waals surface area contributed by atoms with Gasteiger partial charge in [-0.15, -0.1) is 0 Å². The lowest BCUT2D eigenvalue weighted by molar-refractivity contribution is 0.318. The van der Waals surface area contributed by atoms with Crippen molar-refractivity contribution < 1.29 is 9.13 Å². The number of aromatic nitrogens is 2. The first-order valence-electron chi connectivity index (χ1n) is 6.11. The van der Waals surface area contributed by atoms with Crippen LogP contribution in [0.5, 0.6) is 5.75 Å². The lowest BCUT2D eigenvalue weighted by Crippen LogP contribution is -2.17. The molecule has 0 radical (unpaired) electrons. The number of hydrogen-bond acceptors (Lipinski definition) is 5. The minimum absolute atomic E-state index is 0.102. The fourth-order valence-corrected chi connectivity index (χ4v) is 1.65. The van der Waals surface area contributed by atoms with E-state index < -0.39 is 11.4 Å². The molecule has 0 aliphatic heterocycles. The predicted octanol–water partition coefficient (Wildman–Crippen LogP) is 1.53. The summed E-state index contributed by atoms with van der Waals surface area (Å²) in [7, 11) is 0. The molecule has 1 heterocycles. The van der Waals surface area contributed by atoms with E-state index in [2.05, 4.69) is 9.97 Å². The summed E-state index contributed by atoms with van der Waals surface area (Å²) in [4.78, 5) is 18.0. The van der Waals surface area contributed by atoms with Gasteiger partial charge in [-0.2, -0.15) is 0 Å². The quantitative estimate of drug-likeness (QED) is 0.786. The van der Waals surface area contributed by atoms with Crippen LogP contribution in [-0.2, 0) is 0 Å². The van der Waals surface area contributed by atoms with E-state index in [-0.39, 0.29) is 17.3 Å². The summed E-state index contributed by atoms with van der Waals surface area (Å²) in [6, 6.07) is 3.97. The molecule has 106 valence electrons. The first-order valence-corrected chi connectivity index (χ1v) is 6.11. The highest BCUT2D eigenvalue weighted by molar-refractivity contribution is 5.68. The van der Waals surface area contributed by atoms with E-state index in [1.165, 1.54) is 18.2 Å². The molecule has 0 fully saturated rings. The minimum Gasteiger partial charge on any atom is -0.493 e. The molecule has 0 saturated heterocycles. The Morgan fingerprint density at radius 2 is 2.15 bits per heavy atom. The number of aromatic amines is 1. The molecule has 2 rings (SSSR count).